The largest absolute Gasteiger partial charge is 0.243 e. The molecule has 0 radical (unpaired) electrons. The average Bonchev–Trinajstić information content (AvgIpc) is 2.64. The van der Waals surface area contributed by atoms with Crippen molar-refractivity contribution in [3.05, 3.63) is 59.7 Å². The highest BCUT2D eigenvalue weighted by Gasteiger charge is 2.36. The maximum absolute atomic E-state index is 13.0. The van der Waals surface area contributed by atoms with Crippen LogP contribution in [0, 0.1) is 13.8 Å². The molecule has 0 aromatic heterocycles. The normalized spacial score (nSPS) is 17.3. The topological polar surface area (TPSA) is 71.5 Å². The zero-order chi connectivity index (χ0) is 18.9. The number of sulfone groups is 1. The van der Waals surface area contributed by atoms with Gasteiger partial charge < -0.3 is 0 Å². The van der Waals surface area contributed by atoms with Crippen LogP contribution >= 0.6 is 0 Å². The molecule has 7 heteroatoms. The van der Waals surface area contributed by atoms with Gasteiger partial charge in [-0.15, -0.1) is 0 Å². The number of piperidine rings is 1. The van der Waals surface area contributed by atoms with Crippen LogP contribution in [0.1, 0.15) is 24.0 Å². The fourth-order valence-corrected chi connectivity index (χ4v) is 6.84. The molecule has 0 amide bonds. The summed E-state index contributed by atoms with van der Waals surface area (Å²) in [7, 11) is -7.04. The van der Waals surface area contributed by atoms with Crippen LogP contribution in [0.15, 0.2) is 58.3 Å². The standard InChI is InChI=1S/C19H23NO4S2/c1-15-8-9-16(2)19(14-15)26(23,24)20-12-10-18(11-13-20)25(21,22)17-6-4-3-5-7-17/h3-9,14,18H,10-13H2,1-2H3. The number of hydrogen-bond donors (Lipinski definition) is 0. The van der Waals surface area contributed by atoms with E-state index in [9.17, 15) is 16.8 Å². The Morgan fingerprint density at radius 2 is 1.50 bits per heavy atom. The predicted octanol–water partition coefficient (Wildman–Crippen LogP) is 2.93. The predicted molar refractivity (Wildman–Crippen MR) is 101 cm³/mol. The Labute approximate surface area is 155 Å². The molecule has 1 fully saturated rings. The van der Waals surface area contributed by atoms with Crippen molar-refractivity contribution in [2.45, 2.75) is 41.7 Å². The van der Waals surface area contributed by atoms with Gasteiger partial charge in [0, 0.05) is 13.1 Å². The van der Waals surface area contributed by atoms with Gasteiger partial charge >= 0.3 is 0 Å². The third-order valence-electron chi connectivity index (χ3n) is 4.87. The molecule has 3 rings (SSSR count). The smallest absolute Gasteiger partial charge is 0.223 e. The molecule has 0 atom stereocenters. The lowest BCUT2D eigenvalue weighted by atomic mass is 10.2. The molecule has 2 aromatic rings. The summed E-state index contributed by atoms with van der Waals surface area (Å²) in [5, 5.41) is -0.546. The first-order valence-electron chi connectivity index (χ1n) is 8.59. The van der Waals surface area contributed by atoms with Gasteiger partial charge in [0.25, 0.3) is 0 Å². The van der Waals surface area contributed by atoms with E-state index in [1.165, 1.54) is 4.31 Å². The van der Waals surface area contributed by atoms with Crippen LogP contribution in [0.2, 0.25) is 0 Å². The lowest BCUT2D eigenvalue weighted by Crippen LogP contribution is -2.42. The van der Waals surface area contributed by atoms with E-state index < -0.39 is 25.1 Å². The number of benzene rings is 2. The van der Waals surface area contributed by atoms with Gasteiger partial charge in [0.1, 0.15) is 0 Å². The van der Waals surface area contributed by atoms with E-state index in [0.29, 0.717) is 28.2 Å². The van der Waals surface area contributed by atoms with E-state index in [2.05, 4.69) is 0 Å². The number of nitrogens with zero attached hydrogens (tertiary/aromatic N) is 1. The first kappa shape index (κ1) is 19.1. The van der Waals surface area contributed by atoms with E-state index in [1.807, 2.05) is 13.0 Å². The second kappa shape index (κ2) is 7.13. The van der Waals surface area contributed by atoms with Crippen molar-refractivity contribution in [1.82, 2.24) is 4.31 Å². The second-order valence-corrected chi connectivity index (χ2v) is 10.9. The van der Waals surface area contributed by atoms with E-state index in [1.54, 1.807) is 49.4 Å². The van der Waals surface area contributed by atoms with Crippen LogP contribution in [-0.4, -0.2) is 39.5 Å². The molecule has 0 spiro atoms. The van der Waals surface area contributed by atoms with Crippen LogP contribution < -0.4 is 0 Å². The lowest BCUT2D eigenvalue weighted by Gasteiger charge is -2.31. The van der Waals surface area contributed by atoms with Crippen molar-refractivity contribution < 1.29 is 16.8 Å². The molecule has 0 aliphatic carbocycles. The lowest BCUT2D eigenvalue weighted by molar-refractivity contribution is 0.345. The van der Waals surface area contributed by atoms with Gasteiger partial charge in [-0.3, -0.25) is 0 Å². The number of aryl methyl sites for hydroxylation is 2. The van der Waals surface area contributed by atoms with Crippen molar-refractivity contribution in [1.29, 1.82) is 0 Å². The van der Waals surface area contributed by atoms with Crippen LogP contribution in [0.3, 0.4) is 0 Å². The van der Waals surface area contributed by atoms with Crippen molar-refractivity contribution in [2.75, 3.05) is 13.1 Å². The van der Waals surface area contributed by atoms with Crippen molar-refractivity contribution in [2.24, 2.45) is 0 Å². The summed E-state index contributed by atoms with van der Waals surface area (Å²) < 4.78 is 52.8. The third-order valence-corrected chi connectivity index (χ3v) is 9.19. The molecular formula is C19H23NO4S2. The van der Waals surface area contributed by atoms with E-state index in [4.69, 9.17) is 0 Å². The van der Waals surface area contributed by atoms with Gasteiger partial charge in [0.05, 0.1) is 15.0 Å². The van der Waals surface area contributed by atoms with Gasteiger partial charge in [0.15, 0.2) is 9.84 Å². The molecule has 1 aliphatic heterocycles. The van der Waals surface area contributed by atoms with Crippen molar-refractivity contribution in [3.8, 4) is 0 Å². The molecule has 26 heavy (non-hydrogen) atoms. The highest BCUT2D eigenvalue weighted by atomic mass is 32.2. The fraction of sp³-hybridized carbons (Fsp3) is 0.368. The molecule has 2 aromatic carbocycles. The van der Waals surface area contributed by atoms with Crippen molar-refractivity contribution >= 4 is 19.9 Å². The third kappa shape index (κ3) is 3.56. The maximum atomic E-state index is 13.0. The van der Waals surface area contributed by atoms with E-state index >= 15 is 0 Å². The first-order valence-corrected chi connectivity index (χ1v) is 11.6. The Bertz CT molecular complexity index is 991. The molecule has 0 saturated carbocycles. The van der Waals surface area contributed by atoms with E-state index in [0.717, 1.165) is 5.56 Å². The molecule has 1 saturated heterocycles. The highest BCUT2D eigenvalue weighted by Crippen LogP contribution is 2.28. The minimum Gasteiger partial charge on any atom is -0.223 e. The summed E-state index contributed by atoms with van der Waals surface area (Å²) in [6, 6.07) is 13.7. The second-order valence-electron chi connectivity index (χ2n) is 6.73. The van der Waals surface area contributed by atoms with Gasteiger partial charge in [-0.1, -0.05) is 30.3 Å². The summed E-state index contributed by atoms with van der Waals surface area (Å²) in [4.78, 5) is 0.609. The molecule has 0 bridgehead atoms. The molecule has 0 N–H and O–H groups in total. The van der Waals surface area contributed by atoms with Crippen molar-refractivity contribution in [3.63, 3.8) is 0 Å². The Hall–Kier alpha value is -1.70. The summed E-state index contributed by atoms with van der Waals surface area (Å²) in [5.74, 6) is 0. The van der Waals surface area contributed by atoms with E-state index in [-0.39, 0.29) is 13.1 Å². The summed E-state index contributed by atoms with van der Waals surface area (Å²) in [6.07, 6.45) is 0.614. The van der Waals surface area contributed by atoms with Crippen LogP contribution in [0.5, 0.6) is 0 Å². The summed E-state index contributed by atoms with van der Waals surface area (Å²) in [5.41, 5.74) is 1.59. The Morgan fingerprint density at radius 1 is 0.885 bits per heavy atom. The molecule has 5 nitrogen and oxygen atoms in total. The molecule has 1 aliphatic rings. The Morgan fingerprint density at radius 3 is 2.12 bits per heavy atom. The zero-order valence-corrected chi connectivity index (χ0v) is 16.6. The Balaban J connectivity index is 1.79. The number of hydrogen-bond acceptors (Lipinski definition) is 4. The monoisotopic (exact) mass is 393 g/mol. The highest BCUT2D eigenvalue weighted by molar-refractivity contribution is 7.92. The molecule has 140 valence electrons. The SMILES string of the molecule is Cc1ccc(C)c(S(=O)(=O)N2CCC(S(=O)(=O)c3ccccc3)CC2)c1. The van der Waals surface area contributed by atoms with Gasteiger partial charge in [-0.25, -0.2) is 16.8 Å². The first-order chi connectivity index (χ1) is 12.2. The van der Waals surface area contributed by atoms with Gasteiger partial charge in [0.2, 0.25) is 10.0 Å². The van der Waals surface area contributed by atoms with Crippen LogP contribution in [0.4, 0.5) is 0 Å². The fourth-order valence-electron chi connectivity index (χ4n) is 3.31. The zero-order valence-electron chi connectivity index (χ0n) is 14.9. The quantitative estimate of drug-likeness (QED) is 0.801. The maximum Gasteiger partial charge on any atom is 0.243 e. The Kier molecular flexibility index (Phi) is 5.23. The summed E-state index contributed by atoms with van der Waals surface area (Å²) in [6.45, 7) is 4.06. The molecule has 0 unspecified atom stereocenters. The van der Waals surface area contributed by atoms with Crippen LogP contribution in [-0.2, 0) is 19.9 Å². The minimum absolute atomic E-state index is 0.215. The average molecular weight is 394 g/mol. The molecular weight excluding hydrogens is 370 g/mol. The molecule has 1 heterocycles. The number of rotatable bonds is 4. The van der Waals surface area contributed by atoms with Gasteiger partial charge in [-0.2, -0.15) is 4.31 Å². The summed E-state index contributed by atoms with van der Waals surface area (Å²) >= 11 is 0. The van der Waals surface area contributed by atoms with Crippen LogP contribution in [0.25, 0.3) is 0 Å². The van der Waals surface area contributed by atoms with Gasteiger partial charge in [-0.05, 0) is 56.0 Å². The number of sulfonamides is 1. The minimum atomic E-state index is -3.61.